The number of para-hydroxylation sites is 1. The number of hydrogen-bond donors (Lipinski definition) is 0. The van der Waals surface area contributed by atoms with E-state index < -0.39 is 10.1 Å². The molecule has 0 spiro atoms. The predicted molar refractivity (Wildman–Crippen MR) is 68.2 cm³/mol. The number of benzene rings is 1. The summed E-state index contributed by atoms with van der Waals surface area (Å²) in [6.45, 7) is -0.141. The van der Waals surface area contributed by atoms with Gasteiger partial charge in [0.25, 0.3) is 10.1 Å². The van der Waals surface area contributed by atoms with Gasteiger partial charge in [0, 0.05) is 0 Å². The van der Waals surface area contributed by atoms with E-state index in [-0.39, 0.29) is 6.61 Å². The van der Waals surface area contributed by atoms with Crippen molar-refractivity contribution in [1.29, 1.82) is 0 Å². The van der Waals surface area contributed by atoms with E-state index in [0.29, 0.717) is 17.3 Å². The van der Waals surface area contributed by atoms with E-state index in [0.717, 1.165) is 6.26 Å². The molecule has 0 fully saturated rings. The SMILES string of the molecule is CS(=O)(=O)OCc1cnc(Oc2ccccc2)cn1. The molecular formula is C12H12N2O4S. The highest BCUT2D eigenvalue weighted by molar-refractivity contribution is 7.85. The number of nitrogens with zero attached hydrogens (tertiary/aromatic N) is 2. The summed E-state index contributed by atoms with van der Waals surface area (Å²) in [5, 5.41) is 0. The van der Waals surface area contributed by atoms with Gasteiger partial charge in [-0.1, -0.05) is 18.2 Å². The zero-order valence-corrected chi connectivity index (χ0v) is 11.0. The van der Waals surface area contributed by atoms with Gasteiger partial charge in [0.2, 0.25) is 5.88 Å². The van der Waals surface area contributed by atoms with E-state index in [1.807, 2.05) is 18.2 Å². The van der Waals surface area contributed by atoms with Crippen LogP contribution in [0.2, 0.25) is 0 Å². The van der Waals surface area contributed by atoms with E-state index in [9.17, 15) is 8.42 Å². The van der Waals surface area contributed by atoms with Crippen molar-refractivity contribution in [1.82, 2.24) is 9.97 Å². The number of hydrogen-bond acceptors (Lipinski definition) is 6. The van der Waals surface area contributed by atoms with Crippen LogP contribution in [0.1, 0.15) is 5.69 Å². The van der Waals surface area contributed by atoms with E-state index in [1.165, 1.54) is 12.4 Å². The molecule has 2 rings (SSSR count). The average Bonchev–Trinajstić information content (AvgIpc) is 2.38. The quantitative estimate of drug-likeness (QED) is 0.776. The minimum absolute atomic E-state index is 0.141. The molecule has 1 aromatic heterocycles. The second-order valence-corrected chi connectivity index (χ2v) is 5.37. The minimum atomic E-state index is -3.48. The van der Waals surface area contributed by atoms with Gasteiger partial charge in [-0.2, -0.15) is 8.42 Å². The molecule has 19 heavy (non-hydrogen) atoms. The van der Waals surface area contributed by atoms with Gasteiger partial charge in [-0.15, -0.1) is 0 Å². The molecule has 100 valence electrons. The molecule has 2 aromatic rings. The molecule has 0 saturated carbocycles. The summed E-state index contributed by atoms with van der Waals surface area (Å²) in [6.07, 6.45) is 3.80. The van der Waals surface area contributed by atoms with Gasteiger partial charge in [-0.25, -0.2) is 4.98 Å². The summed E-state index contributed by atoms with van der Waals surface area (Å²) in [7, 11) is -3.48. The highest BCUT2D eigenvalue weighted by atomic mass is 32.2. The third-order valence-corrected chi connectivity index (χ3v) is 2.61. The van der Waals surface area contributed by atoms with E-state index >= 15 is 0 Å². The Kier molecular flexibility index (Phi) is 4.08. The van der Waals surface area contributed by atoms with Crippen molar-refractivity contribution in [3.05, 3.63) is 48.4 Å². The second-order valence-electron chi connectivity index (χ2n) is 3.73. The second kappa shape index (κ2) is 5.77. The van der Waals surface area contributed by atoms with Crippen molar-refractivity contribution in [2.45, 2.75) is 6.61 Å². The first-order chi connectivity index (χ1) is 9.03. The fraction of sp³-hybridized carbons (Fsp3) is 0.167. The van der Waals surface area contributed by atoms with Crippen molar-refractivity contribution in [3.8, 4) is 11.6 Å². The third kappa shape index (κ3) is 4.65. The van der Waals surface area contributed by atoms with Gasteiger partial charge in [-0.3, -0.25) is 9.17 Å². The van der Waals surface area contributed by atoms with Gasteiger partial charge in [-0.05, 0) is 12.1 Å². The van der Waals surface area contributed by atoms with Crippen LogP contribution in [0.3, 0.4) is 0 Å². The first-order valence-electron chi connectivity index (χ1n) is 5.41. The van der Waals surface area contributed by atoms with Crippen LogP contribution in [0.25, 0.3) is 0 Å². The molecule has 0 N–H and O–H groups in total. The smallest absolute Gasteiger partial charge is 0.264 e. The fourth-order valence-electron chi connectivity index (χ4n) is 1.25. The summed E-state index contributed by atoms with van der Waals surface area (Å²) in [5.74, 6) is 0.978. The molecule has 7 heteroatoms. The minimum Gasteiger partial charge on any atom is -0.438 e. The molecule has 1 aromatic carbocycles. The Morgan fingerprint density at radius 1 is 1.11 bits per heavy atom. The van der Waals surface area contributed by atoms with Gasteiger partial charge < -0.3 is 4.74 Å². The highest BCUT2D eigenvalue weighted by Gasteiger charge is 2.05. The molecule has 0 aliphatic heterocycles. The van der Waals surface area contributed by atoms with Crippen LogP contribution in [-0.4, -0.2) is 24.6 Å². The normalized spacial score (nSPS) is 11.2. The molecule has 0 bridgehead atoms. The van der Waals surface area contributed by atoms with Gasteiger partial charge in [0.15, 0.2) is 0 Å². The Morgan fingerprint density at radius 3 is 2.42 bits per heavy atom. The molecule has 0 radical (unpaired) electrons. The van der Waals surface area contributed by atoms with Crippen LogP contribution >= 0.6 is 0 Å². The molecule has 6 nitrogen and oxygen atoms in total. The van der Waals surface area contributed by atoms with Gasteiger partial charge in [0.1, 0.15) is 12.4 Å². The highest BCUT2D eigenvalue weighted by Crippen LogP contribution is 2.17. The first kappa shape index (κ1) is 13.4. The lowest BCUT2D eigenvalue weighted by Crippen LogP contribution is -2.04. The van der Waals surface area contributed by atoms with Crippen LogP contribution in [-0.2, 0) is 20.9 Å². The van der Waals surface area contributed by atoms with E-state index in [1.54, 1.807) is 12.1 Å². The fourth-order valence-corrected chi connectivity index (χ4v) is 1.58. The van der Waals surface area contributed by atoms with Crippen molar-refractivity contribution in [2.75, 3.05) is 6.26 Å². The van der Waals surface area contributed by atoms with E-state index in [4.69, 9.17) is 4.74 Å². The van der Waals surface area contributed by atoms with Crippen LogP contribution in [0.5, 0.6) is 11.6 Å². The molecular weight excluding hydrogens is 268 g/mol. The Bertz CT molecular complexity index is 627. The maximum atomic E-state index is 10.8. The maximum Gasteiger partial charge on any atom is 0.264 e. The molecule has 1 heterocycles. The third-order valence-electron chi connectivity index (χ3n) is 2.07. The Labute approximate surface area is 111 Å². The van der Waals surface area contributed by atoms with Gasteiger partial charge >= 0.3 is 0 Å². The Hall–Kier alpha value is -1.99. The molecule has 0 aliphatic rings. The lowest BCUT2D eigenvalue weighted by molar-refractivity contribution is 0.306. The predicted octanol–water partition coefficient (Wildman–Crippen LogP) is 1.75. The van der Waals surface area contributed by atoms with Crippen molar-refractivity contribution >= 4 is 10.1 Å². The van der Waals surface area contributed by atoms with Crippen LogP contribution < -0.4 is 4.74 Å². The summed E-state index contributed by atoms with van der Waals surface area (Å²) in [6, 6.07) is 9.16. The zero-order chi connectivity index (χ0) is 13.7. The average molecular weight is 280 g/mol. The van der Waals surface area contributed by atoms with Crippen LogP contribution in [0, 0.1) is 0 Å². The molecule has 0 amide bonds. The Morgan fingerprint density at radius 2 is 1.84 bits per heavy atom. The first-order valence-corrected chi connectivity index (χ1v) is 7.23. The molecule has 0 unspecified atom stereocenters. The van der Waals surface area contributed by atoms with Crippen LogP contribution in [0.4, 0.5) is 0 Å². The van der Waals surface area contributed by atoms with Crippen LogP contribution in [0.15, 0.2) is 42.7 Å². The van der Waals surface area contributed by atoms with Crippen molar-refractivity contribution in [2.24, 2.45) is 0 Å². The van der Waals surface area contributed by atoms with Crippen molar-refractivity contribution in [3.63, 3.8) is 0 Å². The molecule has 0 aliphatic carbocycles. The summed E-state index contributed by atoms with van der Waals surface area (Å²) < 4.78 is 31.7. The lowest BCUT2D eigenvalue weighted by atomic mass is 10.3. The summed E-state index contributed by atoms with van der Waals surface area (Å²) in [4.78, 5) is 8.02. The van der Waals surface area contributed by atoms with Gasteiger partial charge in [0.05, 0.1) is 24.3 Å². The number of rotatable bonds is 5. The number of aromatic nitrogens is 2. The maximum absolute atomic E-state index is 10.8. The Balaban J connectivity index is 1.99. The topological polar surface area (TPSA) is 78.4 Å². The standard InChI is InChI=1S/C12H12N2O4S/c1-19(15,16)17-9-10-7-14-12(8-13-10)18-11-5-3-2-4-6-11/h2-8H,9H2,1H3. The lowest BCUT2D eigenvalue weighted by Gasteiger charge is -2.04. The summed E-state index contributed by atoms with van der Waals surface area (Å²) >= 11 is 0. The molecule has 0 saturated heterocycles. The van der Waals surface area contributed by atoms with E-state index in [2.05, 4.69) is 14.2 Å². The molecule has 0 atom stereocenters. The zero-order valence-electron chi connectivity index (χ0n) is 10.2. The monoisotopic (exact) mass is 280 g/mol. The summed E-state index contributed by atoms with van der Waals surface area (Å²) in [5.41, 5.74) is 0.408. The number of ether oxygens (including phenoxy) is 1. The van der Waals surface area contributed by atoms with Crippen molar-refractivity contribution < 1.29 is 17.3 Å². The largest absolute Gasteiger partial charge is 0.438 e.